The van der Waals surface area contributed by atoms with Crippen LogP contribution >= 0.6 is 11.8 Å². The van der Waals surface area contributed by atoms with E-state index in [1.54, 1.807) is 36.1 Å². The maximum atomic E-state index is 13.1. The van der Waals surface area contributed by atoms with E-state index in [0.717, 1.165) is 11.3 Å². The van der Waals surface area contributed by atoms with Gasteiger partial charge in [0.15, 0.2) is 15.0 Å². The summed E-state index contributed by atoms with van der Waals surface area (Å²) in [5.74, 6) is -0.708. The monoisotopic (exact) mass is 487 g/mol. The van der Waals surface area contributed by atoms with Gasteiger partial charge < -0.3 is 15.0 Å². The van der Waals surface area contributed by atoms with Gasteiger partial charge in [0, 0.05) is 10.9 Å². The molecule has 2 atom stereocenters. The highest BCUT2D eigenvalue weighted by Gasteiger charge is 2.44. The molecule has 174 valence electrons. The lowest BCUT2D eigenvalue weighted by atomic mass is 10.1. The number of rotatable bonds is 6. The molecular weight excluding hydrogens is 462 g/mol. The molecule has 0 spiro atoms. The zero-order chi connectivity index (χ0) is 23.6. The first-order valence-corrected chi connectivity index (χ1v) is 13.3. The Morgan fingerprint density at radius 1 is 1.18 bits per heavy atom. The lowest BCUT2D eigenvalue weighted by Gasteiger charge is -2.24. The molecule has 10 heteroatoms. The van der Waals surface area contributed by atoms with E-state index in [-0.39, 0.29) is 47.4 Å². The molecule has 33 heavy (non-hydrogen) atoms. The van der Waals surface area contributed by atoms with Crippen molar-refractivity contribution >= 4 is 50.0 Å². The molecule has 1 amide bonds. The number of aryl methyl sites for hydroxylation is 1. The number of para-hydroxylation sites is 1. The van der Waals surface area contributed by atoms with E-state index in [2.05, 4.69) is 10.3 Å². The fourth-order valence-electron chi connectivity index (χ4n) is 3.85. The topological polar surface area (TPSA) is 105 Å². The highest BCUT2D eigenvalue weighted by atomic mass is 32.2. The van der Waals surface area contributed by atoms with E-state index in [0.29, 0.717) is 10.9 Å². The Bertz CT molecular complexity index is 1210. The smallest absolute Gasteiger partial charge is 0.340 e. The van der Waals surface area contributed by atoms with Crippen LogP contribution in [0.25, 0.3) is 0 Å². The first-order chi connectivity index (χ1) is 15.8. The molecule has 2 aromatic rings. The molecule has 0 aromatic heterocycles. The van der Waals surface area contributed by atoms with Gasteiger partial charge in [-0.15, -0.1) is 0 Å². The van der Waals surface area contributed by atoms with Gasteiger partial charge in [-0.2, -0.15) is 0 Å². The predicted octanol–water partition coefficient (Wildman–Crippen LogP) is 2.89. The number of anilines is 2. The summed E-state index contributed by atoms with van der Waals surface area (Å²) in [5.41, 5.74) is 2.46. The number of aliphatic imine (C=N–C) groups is 1. The first kappa shape index (κ1) is 23.3. The third-order valence-corrected chi connectivity index (χ3v) is 8.60. The molecular formula is C23H25N3O5S2. The van der Waals surface area contributed by atoms with Gasteiger partial charge >= 0.3 is 5.97 Å². The van der Waals surface area contributed by atoms with Crippen LogP contribution < -0.4 is 10.2 Å². The minimum absolute atomic E-state index is 0.0366. The Balaban J connectivity index is 1.57. The predicted molar refractivity (Wildman–Crippen MR) is 131 cm³/mol. The summed E-state index contributed by atoms with van der Waals surface area (Å²) in [5, 5.41) is 3.30. The van der Waals surface area contributed by atoms with Gasteiger partial charge in [-0.05, 0) is 43.7 Å². The van der Waals surface area contributed by atoms with Crippen LogP contribution in [-0.4, -0.2) is 61.4 Å². The maximum absolute atomic E-state index is 13.1. The van der Waals surface area contributed by atoms with Crippen molar-refractivity contribution in [1.82, 2.24) is 0 Å². The Hall–Kier alpha value is -2.85. The Morgan fingerprint density at radius 3 is 2.70 bits per heavy atom. The quantitative estimate of drug-likeness (QED) is 0.625. The van der Waals surface area contributed by atoms with Gasteiger partial charge in [0.25, 0.3) is 0 Å². The molecule has 0 radical (unpaired) electrons. The van der Waals surface area contributed by atoms with E-state index in [4.69, 9.17) is 4.74 Å². The lowest BCUT2D eigenvalue weighted by Crippen LogP contribution is -2.37. The molecule has 1 saturated heterocycles. The number of benzene rings is 2. The molecule has 1 N–H and O–H groups in total. The summed E-state index contributed by atoms with van der Waals surface area (Å²) in [6, 6.07) is 14.1. The van der Waals surface area contributed by atoms with Crippen molar-refractivity contribution in [3.63, 3.8) is 0 Å². The van der Waals surface area contributed by atoms with E-state index in [1.807, 2.05) is 31.2 Å². The van der Waals surface area contributed by atoms with Crippen LogP contribution in [0.3, 0.4) is 0 Å². The molecule has 1 fully saturated rings. The number of nitrogens with zero attached hydrogens (tertiary/aromatic N) is 2. The van der Waals surface area contributed by atoms with E-state index in [9.17, 15) is 18.0 Å². The zero-order valence-electron chi connectivity index (χ0n) is 18.4. The largest absolute Gasteiger partial charge is 0.462 e. The minimum atomic E-state index is -3.08. The van der Waals surface area contributed by atoms with Gasteiger partial charge in [0.1, 0.15) is 6.54 Å². The molecule has 2 aliphatic rings. The summed E-state index contributed by atoms with van der Waals surface area (Å²) >= 11 is 1.40. The number of thioether (sulfide) groups is 1. The van der Waals surface area contributed by atoms with Crippen LogP contribution in [0.15, 0.2) is 53.5 Å². The van der Waals surface area contributed by atoms with Gasteiger partial charge in [0.2, 0.25) is 5.91 Å². The summed E-state index contributed by atoms with van der Waals surface area (Å²) in [4.78, 5) is 31.8. The van der Waals surface area contributed by atoms with Crippen LogP contribution in [0.2, 0.25) is 0 Å². The van der Waals surface area contributed by atoms with Crippen molar-refractivity contribution in [3.8, 4) is 0 Å². The second-order valence-corrected chi connectivity index (χ2v) is 11.3. The highest BCUT2D eigenvalue weighted by molar-refractivity contribution is 8.15. The number of fused-ring (bicyclic) bond motifs is 1. The second kappa shape index (κ2) is 9.56. The third kappa shape index (κ3) is 5.39. The van der Waals surface area contributed by atoms with Gasteiger partial charge in [-0.1, -0.05) is 36.0 Å². The second-order valence-electron chi connectivity index (χ2n) is 7.95. The summed E-state index contributed by atoms with van der Waals surface area (Å²) in [6.45, 7) is 3.87. The lowest BCUT2D eigenvalue weighted by molar-refractivity contribution is -0.114. The normalized spacial score (nSPS) is 20.6. The fraction of sp³-hybridized carbons (Fsp3) is 0.348. The SMILES string of the molecule is CCOC(=O)c1ccccc1NC(=O)CN(C1=N[C@H]2CS(=O)(=O)C[C@@H]2S1)c1cccc(C)c1. The molecule has 2 heterocycles. The number of sulfone groups is 1. The minimum Gasteiger partial charge on any atom is -0.462 e. The number of hydrogen-bond acceptors (Lipinski definition) is 8. The molecule has 8 nitrogen and oxygen atoms in total. The number of carbonyl (C=O) groups is 2. The average Bonchev–Trinajstić information content (AvgIpc) is 3.26. The van der Waals surface area contributed by atoms with Crippen molar-refractivity contribution in [2.45, 2.75) is 25.1 Å². The van der Waals surface area contributed by atoms with Crippen LogP contribution in [-0.2, 0) is 19.4 Å². The van der Waals surface area contributed by atoms with Crippen molar-refractivity contribution in [1.29, 1.82) is 0 Å². The van der Waals surface area contributed by atoms with Crippen LogP contribution in [0, 0.1) is 6.92 Å². The highest BCUT2D eigenvalue weighted by Crippen LogP contribution is 2.37. The number of nitrogens with one attached hydrogen (secondary N) is 1. The molecule has 0 saturated carbocycles. The van der Waals surface area contributed by atoms with E-state index < -0.39 is 15.8 Å². The number of amides is 1. The summed E-state index contributed by atoms with van der Waals surface area (Å²) in [6.07, 6.45) is 0. The Kier molecular flexibility index (Phi) is 6.76. The van der Waals surface area contributed by atoms with Crippen molar-refractivity contribution in [2.75, 3.05) is 34.9 Å². The summed E-state index contributed by atoms with van der Waals surface area (Å²) in [7, 11) is -3.08. The van der Waals surface area contributed by atoms with Crippen LogP contribution in [0.1, 0.15) is 22.8 Å². The Morgan fingerprint density at radius 2 is 1.97 bits per heavy atom. The molecule has 4 rings (SSSR count). The summed E-state index contributed by atoms with van der Waals surface area (Å²) < 4.78 is 29.0. The third-order valence-electron chi connectivity index (χ3n) is 5.35. The molecule has 0 bridgehead atoms. The van der Waals surface area contributed by atoms with Crippen molar-refractivity contribution < 1.29 is 22.7 Å². The number of amidine groups is 1. The molecule has 0 unspecified atom stereocenters. The fourth-order valence-corrected chi connectivity index (χ4v) is 7.63. The van der Waals surface area contributed by atoms with Crippen LogP contribution in [0.4, 0.5) is 11.4 Å². The van der Waals surface area contributed by atoms with Gasteiger partial charge in [-0.3, -0.25) is 9.79 Å². The Labute approximate surface area is 197 Å². The average molecular weight is 488 g/mol. The van der Waals surface area contributed by atoms with Gasteiger partial charge in [-0.25, -0.2) is 13.2 Å². The number of esters is 1. The first-order valence-electron chi connectivity index (χ1n) is 10.6. The van der Waals surface area contributed by atoms with E-state index >= 15 is 0 Å². The van der Waals surface area contributed by atoms with Crippen LogP contribution in [0.5, 0.6) is 0 Å². The molecule has 2 aliphatic heterocycles. The number of carbonyl (C=O) groups excluding carboxylic acids is 2. The number of ether oxygens (including phenoxy) is 1. The zero-order valence-corrected chi connectivity index (χ0v) is 20.0. The molecule has 0 aliphatic carbocycles. The van der Waals surface area contributed by atoms with Gasteiger partial charge in [0.05, 0.1) is 35.4 Å². The van der Waals surface area contributed by atoms with Crippen molar-refractivity contribution in [2.24, 2.45) is 4.99 Å². The van der Waals surface area contributed by atoms with Crippen molar-refractivity contribution in [3.05, 3.63) is 59.7 Å². The maximum Gasteiger partial charge on any atom is 0.340 e. The molecule has 2 aromatic carbocycles. The standard InChI is InChI=1S/C23H25N3O5S2/c1-3-31-22(28)17-9-4-5-10-18(17)24-21(27)12-26(16-8-6-7-15(2)11-16)23-25-19-13-33(29,30)14-20(19)32-23/h4-11,19-20H,3,12-14H2,1-2H3,(H,24,27)/t19-,20-/m0/s1. The number of hydrogen-bond donors (Lipinski definition) is 1. The van der Waals surface area contributed by atoms with E-state index in [1.165, 1.54) is 11.8 Å².